The highest BCUT2D eigenvalue weighted by Crippen LogP contribution is 2.55. The van der Waals surface area contributed by atoms with Gasteiger partial charge in [0.25, 0.3) is 5.91 Å². The predicted octanol–water partition coefficient (Wildman–Crippen LogP) is 4.23. The third kappa shape index (κ3) is 5.43. The summed E-state index contributed by atoms with van der Waals surface area (Å²) < 4.78 is 27.0. The van der Waals surface area contributed by atoms with Gasteiger partial charge < -0.3 is 15.7 Å². The molecule has 1 aromatic heterocycles. The highest BCUT2D eigenvalue weighted by atomic mass is 19.1. The van der Waals surface area contributed by atoms with Gasteiger partial charge in [0.1, 0.15) is 17.3 Å². The van der Waals surface area contributed by atoms with Gasteiger partial charge in [0.05, 0.1) is 6.10 Å². The summed E-state index contributed by atoms with van der Waals surface area (Å²) in [4.78, 5) is 29.8. The van der Waals surface area contributed by atoms with Crippen molar-refractivity contribution in [3.8, 4) is 0 Å². The molecular formula is C28H35F2N3O3. The quantitative estimate of drug-likeness (QED) is 0.555. The smallest absolute Gasteiger partial charge is 0.270 e. The average Bonchev–Trinajstić information content (AvgIpc) is 2.84. The van der Waals surface area contributed by atoms with Crippen LogP contribution in [0, 0.1) is 40.7 Å². The number of nitrogens with zero attached hydrogens (tertiary/aromatic N) is 1. The van der Waals surface area contributed by atoms with E-state index in [0.29, 0.717) is 11.3 Å². The zero-order valence-electron chi connectivity index (χ0n) is 21.0. The van der Waals surface area contributed by atoms with E-state index < -0.39 is 23.7 Å². The molecule has 3 N–H and O–H groups in total. The van der Waals surface area contributed by atoms with Crippen LogP contribution in [0.2, 0.25) is 0 Å². The van der Waals surface area contributed by atoms with Crippen LogP contribution < -0.4 is 10.6 Å². The van der Waals surface area contributed by atoms with Crippen molar-refractivity contribution in [2.75, 3.05) is 0 Å². The molecule has 2 aromatic rings. The van der Waals surface area contributed by atoms with Gasteiger partial charge in [-0.25, -0.2) is 8.78 Å². The number of fused-ring (bicyclic) bond motifs is 1. The van der Waals surface area contributed by atoms with Gasteiger partial charge in [-0.1, -0.05) is 26.8 Å². The Hall–Kier alpha value is -2.87. The first kappa shape index (κ1) is 26.2. The lowest BCUT2D eigenvalue weighted by Crippen LogP contribution is -2.58. The Bertz CT molecular complexity index is 1080. The first-order valence-electron chi connectivity index (χ1n) is 12.7. The molecule has 0 bridgehead atoms. The first-order chi connectivity index (χ1) is 17.1. The maximum atomic E-state index is 13.5. The number of hydrogen-bond donors (Lipinski definition) is 3. The van der Waals surface area contributed by atoms with Crippen LogP contribution in [0.1, 0.15) is 62.5 Å². The number of carbonyl (C=O) groups excluding carboxylic acids is 2. The fourth-order valence-electron chi connectivity index (χ4n) is 6.49. The van der Waals surface area contributed by atoms with E-state index in [1.54, 1.807) is 31.3 Å². The molecule has 7 unspecified atom stereocenters. The molecule has 2 aliphatic carbocycles. The van der Waals surface area contributed by atoms with Crippen molar-refractivity contribution in [3.63, 3.8) is 0 Å². The predicted molar refractivity (Wildman–Crippen MR) is 132 cm³/mol. The van der Waals surface area contributed by atoms with Gasteiger partial charge in [-0.05, 0) is 78.7 Å². The van der Waals surface area contributed by atoms with Crippen LogP contribution >= 0.6 is 0 Å². The topological polar surface area (TPSA) is 91.3 Å². The second-order valence-electron chi connectivity index (χ2n) is 10.8. The number of aliphatic hydroxyl groups excluding tert-OH is 1. The van der Waals surface area contributed by atoms with E-state index in [1.165, 1.54) is 12.1 Å². The van der Waals surface area contributed by atoms with Gasteiger partial charge >= 0.3 is 0 Å². The Morgan fingerprint density at radius 1 is 1.17 bits per heavy atom. The highest BCUT2D eigenvalue weighted by Gasteiger charge is 2.53. The summed E-state index contributed by atoms with van der Waals surface area (Å²) in [6.07, 6.45) is 4.19. The van der Waals surface area contributed by atoms with Crippen LogP contribution in [0.25, 0.3) is 0 Å². The molecule has 1 heterocycles. The number of aromatic nitrogens is 1. The molecule has 8 heteroatoms. The summed E-state index contributed by atoms with van der Waals surface area (Å²) in [5.41, 5.74) is 0.636. The molecule has 7 atom stereocenters. The second kappa shape index (κ2) is 10.6. The van der Waals surface area contributed by atoms with Crippen LogP contribution in [0.15, 0.2) is 42.6 Å². The SMILES string of the molecule is CC(C(=O)NCc1cc(F)cc(F)c1)C1CCC2(C)CCC(NC(=O)c3ccccn3)C(C)C2C1O. The standard InChI is InChI=1S/C28H35F2N3O3/c1-16(26(35)32-15-18-12-19(29)14-20(30)13-18)21-7-9-28(3)10-8-22(17(2)24(28)25(21)34)33-27(36)23-6-4-5-11-31-23/h4-6,11-14,16-17,21-22,24-25,34H,7-10,15H2,1-3H3,(H,32,35)(H,33,36). The Labute approximate surface area is 210 Å². The molecule has 0 aliphatic heterocycles. The van der Waals surface area contributed by atoms with Crippen molar-refractivity contribution in [3.05, 3.63) is 65.5 Å². The lowest BCUT2D eigenvalue weighted by molar-refractivity contribution is -0.142. The van der Waals surface area contributed by atoms with Crippen molar-refractivity contribution in [2.45, 2.75) is 65.1 Å². The van der Waals surface area contributed by atoms with E-state index in [1.807, 2.05) is 0 Å². The lowest BCUT2D eigenvalue weighted by Gasteiger charge is -2.56. The number of benzene rings is 1. The summed E-state index contributed by atoms with van der Waals surface area (Å²) in [7, 11) is 0. The van der Waals surface area contributed by atoms with E-state index >= 15 is 0 Å². The number of aliphatic hydroxyl groups is 1. The fraction of sp³-hybridized carbons (Fsp3) is 0.536. The van der Waals surface area contributed by atoms with Gasteiger partial charge in [0.15, 0.2) is 0 Å². The maximum Gasteiger partial charge on any atom is 0.270 e. The van der Waals surface area contributed by atoms with Gasteiger partial charge in [-0.3, -0.25) is 14.6 Å². The minimum absolute atomic E-state index is 0.0137. The third-order valence-electron chi connectivity index (χ3n) is 8.55. The Balaban J connectivity index is 1.42. The molecule has 6 nitrogen and oxygen atoms in total. The number of carbonyl (C=O) groups is 2. The molecule has 2 aliphatic rings. The average molecular weight is 500 g/mol. The monoisotopic (exact) mass is 499 g/mol. The molecule has 194 valence electrons. The number of hydrogen-bond acceptors (Lipinski definition) is 4. The van der Waals surface area contributed by atoms with Crippen LogP contribution in [0.3, 0.4) is 0 Å². The maximum absolute atomic E-state index is 13.5. The second-order valence-corrected chi connectivity index (χ2v) is 10.8. The van der Waals surface area contributed by atoms with Crippen LogP contribution in [-0.2, 0) is 11.3 Å². The summed E-state index contributed by atoms with van der Waals surface area (Å²) in [5, 5.41) is 17.4. The van der Waals surface area contributed by atoms with Crippen molar-refractivity contribution in [1.82, 2.24) is 15.6 Å². The van der Waals surface area contributed by atoms with Crippen LogP contribution in [0.5, 0.6) is 0 Å². The molecule has 4 rings (SSSR count). The Morgan fingerprint density at radius 2 is 1.86 bits per heavy atom. The number of rotatable bonds is 6. The molecular weight excluding hydrogens is 464 g/mol. The van der Waals surface area contributed by atoms with Crippen LogP contribution in [0.4, 0.5) is 8.78 Å². The summed E-state index contributed by atoms with van der Waals surface area (Å²) in [5.74, 6) is -2.64. The normalized spacial score (nSPS) is 30.7. The molecule has 2 fully saturated rings. The van der Waals surface area contributed by atoms with E-state index in [4.69, 9.17) is 0 Å². The van der Waals surface area contributed by atoms with Gasteiger partial charge in [-0.15, -0.1) is 0 Å². The number of halogens is 2. The molecule has 1 aromatic carbocycles. The summed E-state index contributed by atoms with van der Waals surface area (Å²) in [6, 6.07) is 8.29. The zero-order valence-corrected chi connectivity index (χ0v) is 21.0. The van der Waals surface area contributed by atoms with Gasteiger partial charge in [-0.2, -0.15) is 0 Å². The minimum atomic E-state index is -0.708. The van der Waals surface area contributed by atoms with E-state index in [0.717, 1.165) is 31.7 Å². The minimum Gasteiger partial charge on any atom is -0.392 e. The molecule has 0 saturated heterocycles. The lowest BCUT2D eigenvalue weighted by atomic mass is 9.51. The molecule has 2 amide bonds. The van der Waals surface area contributed by atoms with Crippen molar-refractivity contribution in [2.24, 2.45) is 29.1 Å². The van der Waals surface area contributed by atoms with E-state index in [2.05, 4.69) is 29.5 Å². The highest BCUT2D eigenvalue weighted by molar-refractivity contribution is 5.92. The summed E-state index contributed by atoms with van der Waals surface area (Å²) in [6.45, 7) is 6.08. The molecule has 0 spiro atoms. The Kier molecular flexibility index (Phi) is 7.73. The number of pyridine rings is 1. The molecule has 0 radical (unpaired) electrons. The molecule has 2 saturated carbocycles. The van der Waals surface area contributed by atoms with Crippen LogP contribution in [-0.4, -0.2) is 34.1 Å². The van der Waals surface area contributed by atoms with E-state index in [-0.39, 0.29) is 47.6 Å². The van der Waals surface area contributed by atoms with Crippen molar-refractivity contribution >= 4 is 11.8 Å². The molecule has 36 heavy (non-hydrogen) atoms. The number of nitrogens with one attached hydrogen (secondary N) is 2. The summed E-state index contributed by atoms with van der Waals surface area (Å²) >= 11 is 0. The third-order valence-corrected chi connectivity index (χ3v) is 8.55. The Morgan fingerprint density at radius 3 is 2.53 bits per heavy atom. The van der Waals surface area contributed by atoms with Gasteiger partial charge in [0, 0.05) is 30.8 Å². The van der Waals surface area contributed by atoms with E-state index in [9.17, 15) is 23.5 Å². The largest absolute Gasteiger partial charge is 0.392 e. The first-order valence-corrected chi connectivity index (χ1v) is 12.7. The van der Waals surface area contributed by atoms with Crippen molar-refractivity contribution < 1.29 is 23.5 Å². The van der Waals surface area contributed by atoms with Gasteiger partial charge in [0.2, 0.25) is 5.91 Å². The number of amides is 2. The fourth-order valence-corrected chi connectivity index (χ4v) is 6.49. The zero-order chi connectivity index (χ0) is 26.0. The van der Waals surface area contributed by atoms with Crippen molar-refractivity contribution in [1.29, 1.82) is 0 Å².